The van der Waals surface area contributed by atoms with Crippen LogP contribution in [0.3, 0.4) is 0 Å². The lowest BCUT2D eigenvalue weighted by Crippen LogP contribution is -2.49. The lowest BCUT2D eigenvalue weighted by atomic mass is 9.84. The van der Waals surface area contributed by atoms with Crippen molar-refractivity contribution in [2.75, 3.05) is 7.05 Å². The highest BCUT2D eigenvalue weighted by atomic mass is 16.2. The maximum absolute atomic E-state index is 13.4. The molecule has 4 nitrogen and oxygen atoms in total. The average molecular weight is 409 g/mol. The van der Waals surface area contributed by atoms with Crippen LogP contribution in [0, 0.1) is 0 Å². The molecule has 0 bridgehead atoms. The van der Waals surface area contributed by atoms with Gasteiger partial charge in [-0.25, -0.2) is 0 Å². The molecule has 0 aromatic heterocycles. The van der Waals surface area contributed by atoms with Crippen LogP contribution in [0.1, 0.15) is 27.4 Å². The Morgan fingerprint density at radius 2 is 1.23 bits per heavy atom. The second kappa shape index (κ2) is 9.26. The van der Waals surface area contributed by atoms with Crippen LogP contribution in [0.2, 0.25) is 0 Å². The molecule has 154 valence electrons. The van der Waals surface area contributed by atoms with Crippen molar-refractivity contribution in [3.05, 3.63) is 120 Å². The monoisotopic (exact) mass is 408 g/mol. The normalized spacial score (nSPS) is 11.8. The fourth-order valence-electron chi connectivity index (χ4n) is 4.00. The van der Waals surface area contributed by atoms with Gasteiger partial charge >= 0.3 is 0 Å². The number of carbonyl (C=O) groups is 2. The molecule has 0 radical (unpaired) electrons. The number of amides is 2. The first-order chi connectivity index (χ1) is 15.2. The highest BCUT2D eigenvalue weighted by molar-refractivity contribution is 6.08. The van der Waals surface area contributed by atoms with Gasteiger partial charge in [0.15, 0.2) is 0 Å². The van der Waals surface area contributed by atoms with Gasteiger partial charge in [0.1, 0.15) is 6.04 Å². The summed E-state index contributed by atoms with van der Waals surface area (Å²) < 4.78 is 0. The van der Waals surface area contributed by atoms with Crippen LogP contribution >= 0.6 is 0 Å². The SMILES string of the molecule is CNC(=O)[C@@H](NC(=O)c1cccc2ccccc12)C(c1ccccc1)c1ccccc1. The lowest BCUT2D eigenvalue weighted by Gasteiger charge is -2.28. The molecule has 0 saturated heterocycles. The fraction of sp³-hybridized carbons (Fsp3) is 0.111. The van der Waals surface area contributed by atoms with Crippen molar-refractivity contribution < 1.29 is 9.59 Å². The number of nitrogens with one attached hydrogen (secondary N) is 2. The molecule has 0 heterocycles. The van der Waals surface area contributed by atoms with E-state index in [1.165, 1.54) is 0 Å². The molecule has 0 aliphatic rings. The van der Waals surface area contributed by atoms with Gasteiger partial charge in [-0.2, -0.15) is 0 Å². The number of benzene rings is 4. The number of carbonyl (C=O) groups excluding carboxylic acids is 2. The standard InChI is InChI=1S/C27H24N2O2/c1-28-27(31)25(24(20-12-4-2-5-13-20)21-14-6-3-7-15-21)29-26(30)23-18-10-16-19-11-8-9-17-22(19)23/h2-18,24-25H,1H3,(H,28,31)(H,29,30)/t25-/m0/s1. The quantitative estimate of drug-likeness (QED) is 0.493. The van der Waals surface area contributed by atoms with E-state index in [4.69, 9.17) is 0 Å². The van der Waals surface area contributed by atoms with Crippen molar-refractivity contribution in [3.8, 4) is 0 Å². The molecule has 0 unspecified atom stereocenters. The van der Waals surface area contributed by atoms with E-state index in [1.807, 2.05) is 97.1 Å². The van der Waals surface area contributed by atoms with Crippen LogP contribution in [-0.2, 0) is 4.79 Å². The van der Waals surface area contributed by atoms with E-state index < -0.39 is 6.04 Å². The van der Waals surface area contributed by atoms with Gasteiger partial charge in [0.25, 0.3) is 5.91 Å². The Balaban J connectivity index is 1.77. The summed E-state index contributed by atoms with van der Waals surface area (Å²) in [5.74, 6) is -0.852. The maximum atomic E-state index is 13.4. The predicted octanol–water partition coefficient (Wildman–Crippen LogP) is 4.52. The first-order valence-electron chi connectivity index (χ1n) is 10.3. The van der Waals surface area contributed by atoms with Gasteiger partial charge in [0.05, 0.1) is 0 Å². The van der Waals surface area contributed by atoms with Crippen molar-refractivity contribution in [1.82, 2.24) is 10.6 Å². The summed E-state index contributed by atoms with van der Waals surface area (Å²) >= 11 is 0. The molecule has 4 aromatic rings. The Hall–Kier alpha value is -3.92. The van der Waals surface area contributed by atoms with Crippen LogP contribution in [0.4, 0.5) is 0 Å². The van der Waals surface area contributed by atoms with E-state index in [-0.39, 0.29) is 17.7 Å². The zero-order valence-electron chi connectivity index (χ0n) is 17.3. The molecular weight excluding hydrogens is 384 g/mol. The molecule has 0 spiro atoms. The van der Waals surface area contributed by atoms with Gasteiger partial charge < -0.3 is 10.6 Å². The Bertz CT molecular complexity index is 1140. The largest absolute Gasteiger partial charge is 0.357 e. The summed E-state index contributed by atoms with van der Waals surface area (Å²) in [7, 11) is 1.59. The van der Waals surface area contributed by atoms with Crippen LogP contribution in [-0.4, -0.2) is 24.9 Å². The topological polar surface area (TPSA) is 58.2 Å². The smallest absolute Gasteiger partial charge is 0.252 e. The predicted molar refractivity (Wildman–Crippen MR) is 124 cm³/mol. The minimum Gasteiger partial charge on any atom is -0.357 e. The third kappa shape index (κ3) is 4.33. The second-order valence-corrected chi connectivity index (χ2v) is 7.39. The molecule has 2 amide bonds. The van der Waals surface area contributed by atoms with Crippen LogP contribution in [0.15, 0.2) is 103 Å². The van der Waals surface area contributed by atoms with Gasteiger partial charge in [0, 0.05) is 18.5 Å². The second-order valence-electron chi connectivity index (χ2n) is 7.39. The van der Waals surface area contributed by atoms with Crippen LogP contribution in [0.5, 0.6) is 0 Å². The van der Waals surface area contributed by atoms with Crippen LogP contribution in [0.25, 0.3) is 10.8 Å². The third-order valence-electron chi connectivity index (χ3n) is 5.50. The van der Waals surface area contributed by atoms with E-state index in [1.54, 1.807) is 13.1 Å². The van der Waals surface area contributed by atoms with Gasteiger partial charge in [0.2, 0.25) is 5.91 Å². The van der Waals surface area contributed by atoms with Crippen molar-refractivity contribution >= 4 is 22.6 Å². The van der Waals surface area contributed by atoms with E-state index in [0.717, 1.165) is 21.9 Å². The summed E-state index contributed by atoms with van der Waals surface area (Å²) in [6.07, 6.45) is 0. The third-order valence-corrected chi connectivity index (χ3v) is 5.50. The van der Waals surface area contributed by atoms with Crippen molar-refractivity contribution in [1.29, 1.82) is 0 Å². The number of hydrogen-bond donors (Lipinski definition) is 2. The molecule has 4 rings (SSSR count). The van der Waals surface area contributed by atoms with Crippen LogP contribution < -0.4 is 10.6 Å². The molecule has 0 aliphatic heterocycles. The van der Waals surface area contributed by atoms with E-state index in [9.17, 15) is 9.59 Å². The molecule has 4 aromatic carbocycles. The average Bonchev–Trinajstić information content (AvgIpc) is 2.84. The van der Waals surface area contributed by atoms with Crippen molar-refractivity contribution in [3.63, 3.8) is 0 Å². The summed E-state index contributed by atoms with van der Waals surface area (Å²) in [6, 6.07) is 32.2. The molecule has 0 saturated carbocycles. The van der Waals surface area contributed by atoms with E-state index in [2.05, 4.69) is 10.6 Å². The maximum Gasteiger partial charge on any atom is 0.252 e. The molecule has 31 heavy (non-hydrogen) atoms. The van der Waals surface area contributed by atoms with Gasteiger partial charge in [-0.05, 0) is 28.0 Å². The van der Waals surface area contributed by atoms with Gasteiger partial charge in [-0.3, -0.25) is 9.59 Å². The van der Waals surface area contributed by atoms with Crippen molar-refractivity contribution in [2.24, 2.45) is 0 Å². The van der Waals surface area contributed by atoms with Crippen molar-refractivity contribution in [2.45, 2.75) is 12.0 Å². The zero-order valence-corrected chi connectivity index (χ0v) is 17.3. The number of fused-ring (bicyclic) bond motifs is 1. The number of hydrogen-bond acceptors (Lipinski definition) is 2. The number of likely N-dealkylation sites (N-methyl/N-ethyl adjacent to an activating group) is 1. The zero-order chi connectivity index (χ0) is 21.6. The van der Waals surface area contributed by atoms with Gasteiger partial charge in [-0.1, -0.05) is 97.1 Å². The Kier molecular flexibility index (Phi) is 6.08. The van der Waals surface area contributed by atoms with E-state index in [0.29, 0.717) is 5.56 Å². The molecule has 0 aliphatic carbocycles. The summed E-state index contributed by atoms with van der Waals surface area (Å²) in [5, 5.41) is 7.58. The lowest BCUT2D eigenvalue weighted by molar-refractivity contribution is -0.122. The van der Waals surface area contributed by atoms with Gasteiger partial charge in [-0.15, -0.1) is 0 Å². The first-order valence-corrected chi connectivity index (χ1v) is 10.3. The molecule has 1 atom stereocenters. The summed E-state index contributed by atoms with van der Waals surface area (Å²) in [4.78, 5) is 26.4. The first kappa shape index (κ1) is 20.4. The fourth-order valence-corrected chi connectivity index (χ4v) is 4.00. The summed E-state index contributed by atoms with van der Waals surface area (Å²) in [5.41, 5.74) is 2.47. The Labute approximate surface area is 181 Å². The summed E-state index contributed by atoms with van der Waals surface area (Å²) in [6.45, 7) is 0. The number of rotatable bonds is 6. The minimum atomic E-state index is -0.777. The Morgan fingerprint density at radius 3 is 1.84 bits per heavy atom. The van der Waals surface area contributed by atoms with E-state index >= 15 is 0 Å². The molecule has 4 heteroatoms. The highest BCUT2D eigenvalue weighted by Gasteiger charge is 2.32. The molecule has 2 N–H and O–H groups in total. The minimum absolute atomic E-state index is 0.244. The molecule has 0 fully saturated rings. The Morgan fingerprint density at radius 1 is 0.677 bits per heavy atom. The highest BCUT2D eigenvalue weighted by Crippen LogP contribution is 2.29. The molecular formula is C27H24N2O2.